The number of rotatable bonds is 5. The van der Waals surface area contributed by atoms with E-state index in [1.165, 1.54) is 0 Å². The summed E-state index contributed by atoms with van der Waals surface area (Å²) in [7, 11) is 1.60. The van der Waals surface area contributed by atoms with Crippen LogP contribution in [-0.4, -0.2) is 19.6 Å². The van der Waals surface area contributed by atoms with Crippen LogP contribution in [0.15, 0.2) is 23.7 Å². The van der Waals surface area contributed by atoms with Gasteiger partial charge in [-0.2, -0.15) is 0 Å². The Morgan fingerprint density at radius 3 is 2.42 bits per heavy atom. The van der Waals surface area contributed by atoms with Gasteiger partial charge in [0.15, 0.2) is 11.5 Å². The molecule has 0 aromatic heterocycles. The normalized spacial score (nSPS) is 13.0. The molecule has 0 atom stereocenters. The number of halogens is 1. The Balaban J connectivity index is 4.35. The Bertz CT molecular complexity index is 173. The zero-order chi connectivity index (χ0) is 9.40. The molecule has 70 valence electrons. The summed E-state index contributed by atoms with van der Waals surface area (Å²) in [5.74, 6) is 1.85. The van der Waals surface area contributed by atoms with Crippen molar-refractivity contribution in [2.24, 2.45) is 0 Å². The lowest BCUT2D eigenvalue weighted by molar-refractivity contribution is 0.186. The Hall–Kier alpha value is -0.630. The average Bonchev–Trinajstić information content (AvgIpc) is 2.11. The van der Waals surface area contributed by atoms with Crippen molar-refractivity contribution in [3.63, 3.8) is 0 Å². The molecule has 0 aromatic carbocycles. The van der Waals surface area contributed by atoms with Crippen molar-refractivity contribution < 1.29 is 9.47 Å². The highest BCUT2D eigenvalue weighted by Gasteiger charge is 2.03. The van der Waals surface area contributed by atoms with Crippen molar-refractivity contribution in [3.05, 3.63) is 23.7 Å². The summed E-state index contributed by atoms with van der Waals surface area (Å²) in [5, 5.41) is 0. The average molecular weight is 191 g/mol. The molecule has 0 bridgehead atoms. The number of allylic oxidation sites excluding steroid dienone is 2. The highest BCUT2D eigenvalue weighted by atomic mass is 35.5. The number of ether oxygens (including phenoxy) is 2. The smallest absolute Gasteiger partial charge is 0.157 e. The molecule has 0 heterocycles. The van der Waals surface area contributed by atoms with Gasteiger partial charge in [0.25, 0.3) is 0 Å². The van der Waals surface area contributed by atoms with Crippen LogP contribution in [0.4, 0.5) is 0 Å². The molecule has 0 aromatic rings. The summed E-state index contributed by atoms with van der Waals surface area (Å²) >= 11 is 5.54. The first-order valence-corrected chi connectivity index (χ1v) is 4.43. The standard InChI is InChI=1S/C9H15ClO2/c1-4-8(12-5-2)9(11-3)6-7-10/h4,6H,5,7H2,1-3H3/b8-4+,9-6+. The van der Waals surface area contributed by atoms with Gasteiger partial charge in [-0.15, -0.1) is 11.6 Å². The van der Waals surface area contributed by atoms with Gasteiger partial charge in [0.05, 0.1) is 13.7 Å². The van der Waals surface area contributed by atoms with Gasteiger partial charge in [0, 0.05) is 5.88 Å². The van der Waals surface area contributed by atoms with Crippen LogP contribution in [-0.2, 0) is 9.47 Å². The molecule has 0 aliphatic carbocycles. The maximum Gasteiger partial charge on any atom is 0.157 e. The predicted octanol–water partition coefficient (Wildman–Crippen LogP) is 2.70. The van der Waals surface area contributed by atoms with Crippen molar-refractivity contribution in [3.8, 4) is 0 Å². The van der Waals surface area contributed by atoms with E-state index in [1.54, 1.807) is 13.2 Å². The van der Waals surface area contributed by atoms with E-state index in [0.717, 1.165) is 5.76 Å². The summed E-state index contributed by atoms with van der Waals surface area (Å²) in [4.78, 5) is 0. The van der Waals surface area contributed by atoms with Crippen LogP contribution in [0.5, 0.6) is 0 Å². The van der Waals surface area contributed by atoms with Crippen LogP contribution in [0, 0.1) is 0 Å². The topological polar surface area (TPSA) is 18.5 Å². The number of hydrogen-bond acceptors (Lipinski definition) is 2. The Kier molecular flexibility index (Phi) is 6.67. The lowest BCUT2D eigenvalue weighted by atomic mass is 10.3. The number of hydrogen-bond donors (Lipinski definition) is 0. The minimum absolute atomic E-state index is 0.424. The third-order valence-corrected chi connectivity index (χ3v) is 1.44. The minimum Gasteiger partial charge on any atom is -0.493 e. The molecule has 0 rings (SSSR count). The fourth-order valence-electron chi connectivity index (χ4n) is 0.807. The maximum atomic E-state index is 5.54. The van der Waals surface area contributed by atoms with E-state index in [0.29, 0.717) is 18.2 Å². The Morgan fingerprint density at radius 2 is 2.08 bits per heavy atom. The molecule has 0 saturated heterocycles. The predicted molar refractivity (Wildman–Crippen MR) is 51.2 cm³/mol. The minimum atomic E-state index is 0.424. The van der Waals surface area contributed by atoms with Gasteiger partial charge < -0.3 is 9.47 Å². The van der Waals surface area contributed by atoms with Crippen LogP contribution in [0.1, 0.15) is 13.8 Å². The summed E-state index contributed by atoms with van der Waals surface area (Å²) < 4.78 is 10.4. The van der Waals surface area contributed by atoms with Gasteiger partial charge in [-0.3, -0.25) is 0 Å². The second kappa shape index (κ2) is 7.04. The maximum absolute atomic E-state index is 5.54. The lowest BCUT2D eigenvalue weighted by Gasteiger charge is -2.10. The van der Waals surface area contributed by atoms with Gasteiger partial charge in [-0.1, -0.05) is 0 Å². The zero-order valence-electron chi connectivity index (χ0n) is 7.76. The van der Waals surface area contributed by atoms with E-state index in [9.17, 15) is 0 Å². The van der Waals surface area contributed by atoms with E-state index in [4.69, 9.17) is 21.1 Å². The summed E-state index contributed by atoms with van der Waals surface area (Å²) in [6.45, 7) is 4.45. The molecule has 0 radical (unpaired) electrons. The van der Waals surface area contributed by atoms with E-state index >= 15 is 0 Å². The van der Waals surface area contributed by atoms with Gasteiger partial charge >= 0.3 is 0 Å². The van der Waals surface area contributed by atoms with Gasteiger partial charge in [0.2, 0.25) is 0 Å². The molecule has 0 aliphatic rings. The number of methoxy groups -OCH3 is 1. The van der Waals surface area contributed by atoms with Crippen molar-refractivity contribution in [2.75, 3.05) is 19.6 Å². The quantitative estimate of drug-likeness (QED) is 0.377. The van der Waals surface area contributed by atoms with Crippen LogP contribution in [0.2, 0.25) is 0 Å². The van der Waals surface area contributed by atoms with Gasteiger partial charge in [-0.25, -0.2) is 0 Å². The van der Waals surface area contributed by atoms with Crippen LogP contribution < -0.4 is 0 Å². The fourth-order valence-corrected chi connectivity index (χ4v) is 0.947. The largest absolute Gasteiger partial charge is 0.493 e. The van der Waals surface area contributed by atoms with Crippen molar-refractivity contribution in [1.82, 2.24) is 0 Å². The molecule has 0 fully saturated rings. The molecule has 0 saturated carbocycles. The van der Waals surface area contributed by atoms with Crippen LogP contribution in [0.25, 0.3) is 0 Å². The lowest BCUT2D eigenvalue weighted by Crippen LogP contribution is -1.98. The first-order valence-electron chi connectivity index (χ1n) is 3.89. The van der Waals surface area contributed by atoms with E-state index in [2.05, 4.69) is 0 Å². The highest BCUT2D eigenvalue weighted by molar-refractivity contribution is 6.18. The third-order valence-electron chi connectivity index (χ3n) is 1.29. The molecule has 0 spiro atoms. The fraction of sp³-hybridized carbons (Fsp3) is 0.556. The molecule has 12 heavy (non-hydrogen) atoms. The van der Waals surface area contributed by atoms with Gasteiger partial charge in [-0.05, 0) is 26.0 Å². The first kappa shape index (κ1) is 11.4. The van der Waals surface area contributed by atoms with E-state index < -0.39 is 0 Å². The molecule has 0 aliphatic heterocycles. The third kappa shape index (κ3) is 3.67. The van der Waals surface area contributed by atoms with Crippen molar-refractivity contribution in [1.29, 1.82) is 0 Å². The molecule has 0 N–H and O–H groups in total. The Labute approximate surface area is 78.8 Å². The molecule has 0 amide bonds. The zero-order valence-corrected chi connectivity index (χ0v) is 8.52. The summed E-state index contributed by atoms with van der Waals surface area (Å²) in [6, 6.07) is 0. The number of alkyl halides is 1. The van der Waals surface area contributed by atoms with E-state index in [1.807, 2.05) is 19.9 Å². The molecule has 2 nitrogen and oxygen atoms in total. The SMILES string of the molecule is C/C=C(OCC)\C(=C/CCl)OC. The molecular weight excluding hydrogens is 176 g/mol. The van der Waals surface area contributed by atoms with Crippen LogP contribution in [0.3, 0.4) is 0 Å². The molecule has 3 heteroatoms. The van der Waals surface area contributed by atoms with Gasteiger partial charge in [0.1, 0.15) is 0 Å². The summed E-state index contributed by atoms with van der Waals surface area (Å²) in [6.07, 6.45) is 3.62. The monoisotopic (exact) mass is 190 g/mol. The summed E-state index contributed by atoms with van der Waals surface area (Å²) in [5.41, 5.74) is 0. The second-order valence-corrected chi connectivity index (χ2v) is 2.32. The Morgan fingerprint density at radius 1 is 1.42 bits per heavy atom. The van der Waals surface area contributed by atoms with Crippen molar-refractivity contribution in [2.45, 2.75) is 13.8 Å². The molecule has 0 unspecified atom stereocenters. The van der Waals surface area contributed by atoms with Crippen molar-refractivity contribution >= 4 is 11.6 Å². The van der Waals surface area contributed by atoms with Crippen LogP contribution >= 0.6 is 11.6 Å². The molecular formula is C9H15ClO2. The second-order valence-electron chi connectivity index (χ2n) is 2.01. The first-order chi connectivity index (χ1) is 5.79. The van der Waals surface area contributed by atoms with E-state index in [-0.39, 0.29) is 0 Å². The highest BCUT2D eigenvalue weighted by Crippen LogP contribution is 2.12.